The first-order valence-electron chi connectivity index (χ1n) is 6.37. The molecule has 0 unspecified atom stereocenters. The van der Waals surface area contributed by atoms with Crippen LogP contribution in [-0.4, -0.2) is 14.8 Å². The molecular formula is C14H17N3S. The van der Waals surface area contributed by atoms with Crippen molar-refractivity contribution in [2.45, 2.75) is 39.2 Å². The first-order chi connectivity index (χ1) is 8.65. The fourth-order valence-electron chi connectivity index (χ4n) is 2.27. The monoisotopic (exact) mass is 259 g/mol. The van der Waals surface area contributed by atoms with Crippen molar-refractivity contribution in [1.82, 2.24) is 14.8 Å². The average Bonchev–Trinajstić information content (AvgIpc) is 3.10. The minimum atomic E-state index is 0.581. The maximum absolute atomic E-state index is 5.30. The Kier molecular flexibility index (Phi) is 2.82. The van der Waals surface area contributed by atoms with Crippen LogP contribution in [0.25, 0.3) is 0 Å². The molecular weight excluding hydrogens is 242 g/mol. The molecule has 2 aromatic rings. The van der Waals surface area contributed by atoms with Crippen LogP contribution in [0.2, 0.25) is 0 Å². The molecule has 0 bridgehead atoms. The Morgan fingerprint density at radius 3 is 2.78 bits per heavy atom. The van der Waals surface area contributed by atoms with Crippen molar-refractivity contribution in [3.63, 3.8) is 0 Å². The fourth-order valence-corrected chi connectivity index (χ4v) is 2.57. The van der Waals surface area contributed by atoms with Crippen LogP contribution in [0.1, 0.15) is 41.4 Å². The van der Waals surface area contributed by atoms with Gasteiger partial charge in [-0.05, 0) is 55.6 Å². The SMILES string of the molecule is Cc1ccc(Cc2n[nH]c(=S)n2C2CC2)cc1C. The number of nitrogens with one attached hydrogen (secondary N) is 1. The van der Waals surface area contributed by atoms with E-state index < -0.39 is 0 Å². The summed E-state index contributed by atoms with van der Waals surface area (Å²) in [5, 5.41) is 7.29. The molecule has 18 heavy (non-hydrogen) atoms. The average molecular weight is 259 g/mol. The van der Waals surface area contributed by atoms with E-state index in [4.69, 9.17) is 12.2 Å². The minimum Gasteiger partial charge on any atom is -0.301 e. The molecule has 1 aliphatic carbocycles. The number of aromatic amines is 1. The molecule has 0 amide bonds. The highest BCUT2D eigenvalue weighted by Crippen LogP contribution is 2.36. The number of benzene rings is 1. The topological polar surface area (TPSA) is 33.6 Å². The third-order valence-corrected chi connectivity index (χ3v) is 3.91. The van der Waals surface area contributed by atoms with Gasteiger partial charge in [0.05, 0.1) is 0 Å². The van der Waals surface area contributed by atoms with Crippen LogP contribution < -0.4 is 0 Å². The van der Waals surface area contributed by atoms with Crippen molar-refractivity contribution in [3.8, 4) is 0 Å². The highest BCUT2D eigenvalue weighted by molar-refractivity contribution is 7.71. The Morgan fingerprint density at radius 2 is 2.11 bits per heavy atom. The Bertz CT molecular complexity index is 635. The van der Waals surface area contributed by atoms with Crippen molar-refractivity contribution in [3.05, 3.63) is 45.5 Å². The quantitative estimate of drug-likeness (QED) is 0.856. The second-order valence-electron chi connectivity index (χ2n) is 5.14. The Hall–Kier alpha value is -1.42. The van der Waals surface area contributed by atoms with E-state index in [1.165, 1.54) is 29.5 Å². The van der Waals surface area contributed by atoms with Gasteiger partial charge in [-0.1, -0.05) is 18.2 Å². The van der Waals surface area contributed by atoms with Gasteiger partial charge < -0.3 is 4.57 Å². The van der Waals surface area contributed by atoms with Crippen LogP contribution in [0.4, 0.5) is 0 Å². The molecule has 0 radical (unpaired) electrons. The molecule has 1 N–H and O–H groups in total. The van der Waals surface area contributed by atoms with Gasteiger partial charge in [0.15, 0.2) is 4.77 Å². The van der Waals surface area contributed by atoms with Gasteiger partial charge >= 0.3 is 0 Å². The van der Waals surface area contributed by atoms with Crippen LogP contribution >= 0.6 is 12.2 Å². The maximum atomic E-state index is 5.30. The molecule has 0 aliphatic heterocycles. The molecule has 94 valence electrons. The van der Waals surface area contributed by atoms with E-state index in [1.807, 2.05) is 0 Å². The van der Waals surface area contributed by atoms with E-state index in [0.717, 1.165) is 17.0 Å². The Labute approximate surface area is 112 Å². The number of nitrogens with zero attached hydrogens (tertiary/aromatic N) is 2. The summed E-state index contributed by atoms with van der Waals surface area (Å²) in [6, 6.07) is 7.17. The smallest absolute Gasteiger partial charge is 0.195 e. The molecule has 1 aromatic heterocycles. The largest absolute Gasteiger partial charge is 0.301 e. The predicted octanol–water partition coefficient (Wildman–Crippen LogP) is 3.48. The van der Waals surface area contributed by atoms with Gasteiger partial charge in [0.25, 0.3) is 0 Å². The summed E-state index contributed by atoms with van der Waals surface area (Å²) in [4.78, 5) is 0. The van der Waals surface area contributed by atoms with Crippen molar-refractivity contribution in [2.75, 3.05) is 0 Å². The van der Waals surface area contributed by atoms with Gasteiger partial charge in [-0.25, -0.2) is 0 Å². The van der Waals surface area contributed by atoms with E-state index >= 15 is 0 Å². The summed E-state index contributed by atoms with van der Waals surface area (Å²) < 4.78 is 2.95. The molecule has 0 atom stereocenters. The molecule has 1 heterocycles. The number of rotatable bonds is 3. The fraction of sp³-hybridized carbons (Fsp3) is 0.429. The molecule has 3 nitrogen and oxygen atoms in total. The molecule has 1 fully saturated rings. The lowest BCUT2D eigenvalue weighted by molar-refractivity contribution is 0.685. The van der Waals surface area contributed by atoms with E-state index in [0.29, 0.717) is 6.04 Å². The van der Waals surface area contributed by atoms with Crippen LogP contribution in [0.15, 0.2) is 18.2 Å². The lowest BCUT2D eigenvalue weighted by Crippen LogP contribution is -2.03. The van der Waals surface area contributed by atoms with Gasteiger partial charge in [0.1, 0.15) is 5.82 Å². The van der Waals surface area contributed by atoms with Gasteiger partial charge in [-0.3, -0.25) is 5.10 Å². The second-order valence-corrected chi connectivity index (χ2v) is 5.53. The predicted molar refractivity (Wildman–Crippen MR) is 74.4 cm³/mol. The third-order valence-electron chi connectivity index (χ3n) is 3.62. The van der Waals surface area contributed by atoms with Crippen LogP contribution in [0, 0.1) is 18.6 Å². The first kappa shape index (κ1) is 11.7. The number of aryl methyl sites for hydroxylation is 2. The molecule has 0 saturated heterocycles. The number of H-pyrrole nitrogens is 1. The zero-order valence-electron chi connectivity index (χ0n) is 10.7. The van der Waals surface area contributed by atoms with Crippen LogP contribution in [0.3, 0.4) is 0 Å². The van der Waals surface area contributed by atoms with Gasteiger partial charge in [0, 0.05) is 12.5 Å². The number of hydrogen-bond donors (Lipinski definition) is 1. The molecule has 1 aromatic carbocycles. The summed E-state index contributed by atoms with van der Waals surface area (Å²) in [5.41, 5.74) is 3.97. The zero-order chi connectivity index (χ0) is 12.7. The summed E-state index contributed by atoms with van der Waals surface area (Å²) >= 11 is 5.30. The lowest BCUT2D eigenvalue weighted by atomic mass is 10.0. The van der Waals surface area contributed by atoms with Crippen molar-refractivity contribution >= 4 is 12.2 Å². The van der Waals surface area contributed by atoms with E-state index in [1.54, 1.807) is 0 Å². The minimum absolute atomic E-state index is 0.581. The van der Waals surface area contributed by atoms with Gasteiger partial charge in [-0.2, -0.15) is 5.10 Å². The summed E-state index contributed by atoms with van der Waals surface area (Å²) in [5.74, 6) is 1.06. The summed E-state index contributed by atoms with van der Waals surface area (Å²) in [6.45, 7) is 4.29. The lowest BCUT2D eigenvalue weighted by Gasteiger charge is -2.07. The first-order valence-corrected chi connectivity index (χ1v) is 6.78. The highest BCUT2D eigenvalue weighted by atomic mass is 32.1. The summed E-state index contributed by atoms with van der Waals surface area (Å²) in [7, 11) is 0. The van der Waals surface area contributed by atoms with Crippen molar-refractivity contribution in [1.29, 1.82) is 0 Å². The normalized spacial score (nSPS) is 15.0. The molecule has 0 spiro atoms. The standard InChI is InChI=1S/C14H17N3S/c1-9-3-4-11(7-10(9)2)8-13-15-16-14(18)17(13)12-5-6-12/h3-4,7,12H,5-6,8H2,1-2H3,(H,16,18). The Balaban J connectivity index is 1.92. The summed E-state index contributed by atoms with van der Waals surface area (Å²) in [6.07, 6.45) is 3.31. The van der Waals surface area contributed by atoms with Crippen molar-refractivity contribution in [2.24, 2.45) is 0 Å². The highest BCUT2D eigenvalue weighted by Gasteiger charge is 2.27. The van der Waals surface area contributed by atoms with Crippen molar-refractivity contribution < 1.29 is 0 Å². The molecule has 1 saturated carbocycles. The van der Waals surface area contributed by atoms with E-state index in [-0.39, 0.29) is 0 Å². The molecule has 3 rings (SSSR count). The van der Waals surface area contributed by atoms with Crippen LogP contribution in [-0.2, 0) is 6.42 Å². The second kappa shape index (κ2) is 4.35. The van der Waals surface area contributed by atoms with Gasteiger partial charge in [0.2, 0.25) is 0 Å². The third kappa shape index (κ3) is 2.12. The zero-order valence-corrected chi connectivity index (χ0v) is 11.5. The van der Waals surface area contributed by atoms with E-state index in [2.05, 4.69) is 46.8 Å². The molecule has 1 aliphatic rings. The number of aromatic nitrogens is 3. The maximum Gasteiger partial charge on any atom is 0.195 e. The molecule has 4 heteroatoms. The van der Waals surface area contributed by atoms with E-state index in [9.17, 15) is 0 Å². The number of hydrogen-bond acceptors (Lipinski definition) is 2. The Morgan fingerprint density at radius 1 is 1.33 bits per heavy atom. The van der Waals surface area contributed by atoms with Gasteiger partial charge in [-0.15, -0.1) is 0 Å². The van der Waals surface area contributed by atoms with Crippen LogP contribution in [0.5, 0.6) is 0 Å².